The van der Waals surface area contributed by atoms with Crippen molar-refractivity contribution in [1.82, 2.24) is 10.6 Å². The Kier molecular flexibility index (Phi) is 5.99. The van der Waals surface area contributed by atoms with Gasteiger partial charge in [0.15, 0.2) is 0 Å². The van der Waals surface area contributed by atoms with Gasteiger partial charge in [-0.05, 0) is 63.3 Å². The summed E-state index contributed by atoms with van der Waals surface area (Å²) in [5, 5.41) is 7.95. The molecule has 1 aliphatic heterocycles. The summed E-state index contributed by atoms with van der Waals surface area (Å²) in [4.78, 5) is 0. The van der Waals surface area contributed by atoms with E-state index in [2.05, 4.69) is 17.6 Å². The molecule has 1 saturated heterocycles. The van der Waals surface area contributed by atoms with Crippen LogP contribution in [-0.4, -0.2) is 24.7 Å². The molecule has 0 aromatic heterocycles. The maximum absolute atomic E-state index is 4.16. The Morgan fingerprint density at radius 2 is 1.67 bits per heavy atom. The van der Waals surface area contributed by atoms with Crippen LogP contribution >= 0.6 is 0 Å². The molecule has 2 N–H and O–H groups in total. The Morgan fingerprint density at radius 3 is 2.38 bits per heavy atom. The van der Waals surface area contributed by atoms with E-state index in [-0.39, 0.29) is 0 Å². The summed E-state index contributed by atoms with van der Waals surface area (Å²) in [6.07, 6.45) is 17.3. The van der Waals surface area contributed by atoms with E-state index in [1.54, 1.807) is 0 Å². The zero-order valence-corrected chi connectivity index (χ0v) is 14.1. The molecule has 0 spiro atoms. The maximum atomic E-state index is 4.16. The lowest BCUT2D eigenvalue weighted by molar-refractivity contribution is 0.166. The fourth-order valence-electron chi connectivity index (χ4n) is 5.32. The van der Waals surface area contributed by atoms with Crippen LogP contribution < -0.4 is 10.6 Å². The summed E-state index contributed by atoms with van der Waals surface area (Å²) >= 11 is 0. The predicted molar refractivity (Wildman–Crippen MR) is 90.6 cm³/mol. The summed E-state index contributed by atoms with van der Waals surface area (Å²) < 4.78 is 0. The number of rotatable bonds is 5. The molecule has 0 radical (unpaired) electrons. The zero-order valence-electron chi connectivity index (χ0n) is 14.1. The second-order valence-corrected chi connectivity index (χ2v) is 7.84. The highest BCUT2D eigenvalue weighted by atomic mass is 15.0. The fourth-order valence-corrected chi connectivity index (χ4v) is 5.32. The van der Waals surface area contributed by atoms with E-state index in [9.17, 15) is 0 Å². The quantitative estimate of drug-likeness (QED) is 0.792. The van der Waals surface area contributed by atoms with Crippen molar-refractivity contribution in [2.24, 2.45) is 11.8 Å². The summed E-state index contributed by atoms with van der Waals surface area (Å²) in [5.74, 6) is 1.86. The van der Waals surface area contributed by atoms with Crippen molar-refractivity contribution in [3.63, 3.8) is 0 Å². The molecule has 3 aliphatic rings. The van der Waals surface area contributed by atoms with Gasteiger partial charge in [-0.25, -0.2) is 0 Å². The third-order valence-electron chi connectivity index (χ3n) is 6.52. The molecule has 0 bridgehead atoms. The molecule has 3 rings (SSSR count). The van der Waals surface area contributed by atoms with Crippen LogP contribution in [0.15, 0.2) is 0 Å². The molecule has 1 heterocycles. The topological polar surface area (TPSA) is 24.1 Å². The summed E-state index contributed by atoms with van der Waals surface area (Å²) in [5.41, 5.74) is 0. The van der Waals surface area contributed by atoms with Crippen LogP contribution in [0.4, 0.5) is 0 Å². The molecule has 2 aliphatic carbocycles. The van der Waals surface area contributed by atoms with Gasteiger partial charge in [-0.1, -0.05) is 39.0 Å². The molecular weight excluding hydrogens is 256 g/mol. The van der Waals surface area contributed by atoms with Crippen LogP contribution in [0.25, 0.3) is 0 Å². The zero-order chi connectivity index (χ0) is 14.5. The van der Waals surface area contributed by atoms with Crippen LogP contribution in [-0.2, 0) is 0 Å². The predicted octanol–water partition coefficient (Wildman–Crippen LogP) is 4.25. The van der Waals surface area contributed by atoms with Crippen LogP contribution in [0, 0.1) is 11.8 Å². The minimum absolute atomic E-state index is 0.789. The Hall–Kier alpha value is -0.0800. The van der Waals surface area contributed by atoms with Gasteiger partial charge in [0.25, 0.3) is 0 Å². The first-order valence-electron chi connectivity index (χ1n) is 9.88. The maximum Gasteiger partial charge on any atom is 0.0113 e. The summed E-state index contributed by atoms with van der Waals surface area (Å²) in [6, 6.07) is 2.39. The lowest BCUT2D eigenvalue weighted by Crippen LogP contribution is -2.52. The third-order valence-corrected chi connectivity index (χ3v) is 6.52. The van der Waals surface area contributed by atoms with Gasteiger partial charge in [0.05, 0.1) is 0 Å². The van der Waals surface area contributed by atoms with E-state index in [1.165, 1.54) is 83.6 Å². The second-order valence-electron chi connectivity index (χ2n) is 7.84. The first kappa shape index (κ1) is 15.8. The smallest absolute Gasteiger partial charge is 0.0113 e. The standard InChI is InChI=1S/C19H36N2/c1-2-17(15-9-4-3-5-10-15)21-19-12-7-6-11-16(19)18-13-8-14-20-18/h15-21H,2-14H2,1H3. The molecule has 2 heteroatoms. The van der Waals surface area contributed by atoms with Gasteiger partial charge in [-0.2, -0.15) is 0 Å². The van der Waals surface area contributed by atoms with Crippen molar-refractivity contribution in [3.05, 3.63) is 0 Å². The van der Waals surface area contributed by atoms with E-state index in [1.807, 2.05) is 0 Å². The first-order valence-corrected chi connectivity index (χ1v) is 9.88. The van der Waals surface area contributed by atoms with Crippen LogP contribution in [0.1, 0.15) is 84.0 Å². The van der Waals surface area contributed by atoms with E-state index >= 15 is 0 Å². The molecule has 122 valence electrons. The van der Waals surface area contributed by atoms with Gasteiger partial charge in [-0.15, -0.1) is 0 Å². The van der Waals surface area contributed by atoms with Gasteiger partial charge >= 0.3 is 0 Å². The van der Waals surface area contributed by atoms with E-state index in [0.29, 0.717) is 0 Å². The van der Waals surface area contributed by atoms with Crippen molar-refractivity contribution in [1.29, 1.82) is 0 Å². The summed E-state index contributed by atoms with van der Waals surface area (Å²) in [6.45, 7) is 3.66. The highest BCUT2D eigenvalue weighted by Crippen LogP contribution is 2.33. The van der Waals surface area contributed by atoms with Gasteiger partial charge < -0.3 is 10.6 Å². The SMILES string of the molecule is CCC(NC1CCCCC1C1CCCN1)C1CCCCC1. The van der Waals surface area contributed by atoms with Crippen molar-refractivity contribution < 1.29 is 0 Å². The molecule has 2 nitrogen and oxygen atoms in total. The average Bonchev–Trinajstić information content (AvgIpc) is 3.08. The number of hydrogen-bond donors (Lipinski definition) is 2. The van der Waals surface area contributed by atoms with Crippen molar-refractivity contribution in [2.45, 2.75) is 102 Å². The monoisotopic (exact) mass is 292 g/mol. The molecule has 0 amide bonds. The normalized spacial score (nSPS) is 36.7. The van der Waals surface area contributed by atoms with Gasteiger partial charge in [0.2, 0.25) is 0 Å². The minimum atomic E-state index is 0.789. The molecule has 4 unspecified atom stereocenters. The fraction of sp³-hybridized carbons (Fsp3) is 1.00. The lowest BCUT2D eigenvalue weighted by atomic mass is 9.77. The van der Waals surface area contributed by atoms with E-state index < -0.39 is 0 Å². The molecule has 3 fully saturated rings. The second kappa shape index (κ2) is 7.97. The third kappa shape index (κ3) is 4.01. The van der Waals surface area contributed by atoms with E-state index in [0.717, 1.165) is 30.0 Å². The van der Waals surface area contributed by atoms with Gasteiger partial charge in [-0.3, -0.25) is 0 Å². The number of hydrogen-bond acceptors (Lipinski definition) is 2. The van der Waals surface area contributed by atoms with Crippen LogP contribution in [0.5, 0.6) is 0 Å². The highest BCUT2D eigenvalue weighted by molar-refractivity contribution is 4.93. The molecule has 4 atom stereocenters. The summed E-state index contributed by atoms with van der Waals surface area (Å²) in [7, 11) is 0. The van der Waals surface area contributed by atoms with Gasteiger partial charge in [0.1, 0.15) is 0 Å². The Morgan fingerprint density at radius 1 is 0.905 bits per heavy atom. The molecule has 0 aromatic carbocycles. The first-order chi connectivity index (χ1) is 10.4. The van der Waals surface area contributed by atoms with Crippen molar-refractivity contribution in [2.75, 3.05) is 6.54 Å². The molecular formula is C19H36N2. The van der Waals surface area contributed by atoms with E-state index in [4.69, 9.17) is 0 Å². The molecule has 2 saturated carbocycles. The van der Waals surface area contributed by atoms with Crippen molar-refractivity contribution in [3.8, 4) is 0 Å². The van der Waals surface area contributed by atoms with Crippen LogP contribution in [0.3, 0.4) is 0 Å². The Labute approximate surface area is 131 Å². The highest BCUT2D eigenvalue weighted by Gasteiger charge is 2.35. The van der Waals surface area contributed by atoms with Crippen molar-refractivity contribution >= 4 is 0 Å². The number of nitrogens with one attached hydrogen (secondary N) is 2. The minimum Gasteiger partial charge on any atom is -0.314 e. The van der Waals surface area contributed by atoms with Crippen LogP contribution in [0.2, 0.25) is 0 Å². The van der Waals surface area contributed by atoms with Gasteiger partial charge in [0, 0.05) is 18.1 Å². The lowest BCUT2D eigenvalue weighted by Gasteiger charge is -2.41. The largest absolute Gasteiger partial charge is 0.314 e. The molecule has 21 heavy (non-hydrogen) atoms. The Balaban J connectivity index is 1.59. The Bertz CT molecular complexity index is 292. The average molecular weight is 293 g/mol. The molecule has 0 aromatic rings.